The number of benzene rings is 1. The Morgan fingerprint density at radius 3 is 2.75 bits per heavy atom. The second kappa shape index (κ2) is 5.21. The summed E-state index contributed by atoms with van der Waals surface area (Å²) in [6, 6.07) is 7.22. The van der Waals surface area contributed by atoms with E-state index < -0.39 is 5.41 Å². The summed E-state index contributed by atoms with van der Waals surface area (Å²) in [5.41, 5.74) is 0.132. The zero-order chi connectivity index (χ0) is 12.2. The predicted octanol–water partition coefficient (Wildman–Crippen LogP) is 2.90. The first kappa shape index (κ1) is 12.8. The van der Waals surface area contributed by atoms with E-state index in [0.717, 1.165) is 0 Å². The predicted molar refractivity (Wildman–Crippen MR) is 66.1 cm³/mol. The van der Waals surface area contributed by atoms with E-state index >= 15 is 0 Å². The highest BCUT2D eigenvalue weighted by Crippen LogP contribution is 2.22. The van der Waals surface area contributed by atoms with Crippen molar-refractivity contribution in [3.8, 4) is 5.75 Å². The maximum absolute atomic E-state index is 11.8. The Morgan fingerprint density at radius 2 is 2.19 bits per heavy atom. The summed E-state index contributed by atoms with van der Waals surface area (Å²) in [6.45, 7) is 3.60. The van der Waals surface area contributed by atoms with Crippen molar-refractivity contribution in [2.75, 3.05) is 18.3 Å². The maximum atomic E-state index is 11.8. The van der Waals surface area contributed by atoms with Gasteiger partial charge in [0.15, 0.2) is 0 Å². The summed E-state index contributed by atoms with van der Waals surface area (Å²) in [4.78, 5) is 11.8. The van der Waals surface area contributed by atoms with Crippen LogP contribution >= 0.6 is 11.6 Å². The van der Waals surface area contributed by atoms with Crippen LogP contribution in [0.15, 0.2) is 24.3 Å². The zero-order valence-electron chi connectivity index (χ0n) is 9.71. The Balaban J connectivity index is 2.77. The second-order valence-corrected chi connectivity index (χ2v) is 4.47. The molecule has 3 nitrogen and oxygen atoms in total. The average molecular weight is 242 g/mol. The molecule has 0 aromatic heterocycles. The first-order valence-electron chi connectivity index (χ1n) is 5.01. The van der Waals surface area contributed by atoms with Gasteiger partial charge in [-0.3, -0.25) is 4.79 Å². The third-order valence-corrected chi connectivity index (χ3v) is 2.94. The normalized spacial score (nSPS) is 11.0. The molecule has 1 rings (SSSR count). The molecular formula is C12H16ClNO2. The van der Waals surface area contributed by atoms with Crippen LogP contribution in [0.3, 0.4) is 0 Å². The zero-order valence-corrected chi connectivity index (χ0v) is 10.5. The lowest BCUT2D eigenvalue weighted by Gasteiger charge is -2.20. The number of carbonyl (C=O) groups excluding carboxylic acids is 1. The molecule has 0 aliphatic heterocycles. The van der Waals surface area contributed by atoms with Crippen LogP contribution in [0.2, 0.25) is 0 Å². The highest BCUT2D eigenvalue weighted by Gasteiger charge is 2.26. The molecule has 1 aromatic carbocycles. The number of hydrogen-bond acceptors (Lipinski definition) is 2. The minimum atomic E-state index is -0.579. The topological polar surface area (TPSA) is 38.3 Å². The summed E-state index contributed by atoms with van der Waals surface area (Å²) >= 11 is 5.73. The van der Waals surface area contributed by atoms with Gasteiger partial charge < -0.3 is 10.1 Å². The third kappa shape index (κ3) is 3.14. The largest absolute Gasteiger partial charge is 0.497 e. The van der Waals surface area contributed by atoms with Crippen molar-refractivity contribution in [1.82, 2.24) is 0 Å². The smallest absolute Gasteiger partial charge is 0.231 e. The number of methoxy groups -OCH3 is 1. The number of ether oxygens (including phenoxy) is 1. The van der Waals surface area contributed by atoms with Gasteiger partial charge in [0.05, 0.1) is 12.5 Å². The van der Waals surface area contributed by atoms with Gasteiger partial charge >= 0.3 is 0 Å². The highest BCUT2D eigenvalue weighted by molar-refractivity contribution is 6.20. The van der Waals surface area contributed by atoms with Gasteiger partial charge in [-0.25, -0.2) is 0 Å². The number of anilines is 1. The van der Waals surface area contributed by atoms with Crippen LogP contribution in [0.5, 0.6) is 5.75 Å². The standard InChI is InChI=1S/C12H16ClNO2/c1-12(2,8-13)11(15)14-9-5-4-6-10(7-9)16-3/h4-7H,8H2,1-3H3,(H,14,15). The lowest BCUT2D eigenvalue weighted by Crippen LogP contribution is -2.32. The second-order valence-electron chi connectivity index (χ2n) is 4.20. The Morgan fingerprint density at radius 1 is 1.50 bits per heavy atom. The van der Waals surface area contributed by atoms with Crippen molar-refractivity contribution >= 4 is 23.2 Å². The third-order valence-electron chi connectivity index (χ3n) is 2.28. The summed E-state index contributed by atoms with van der Waals surface area (Å²) in [5, 5.41) is 2.80. The molecule has 4 heteroatoms. The van der Waals surface area contributed by atoms with E-state index in [2.05, 4.69) is 5.32 Å². The molecule has 0 atom stereocenters. The van der Waals surface area contributed by atoms with Crippen LogP contribution < -0.4 is 10.1 Å². The van der Waals surface area contributed by atoms with Gasteiger partial charge in [-0.2, -0.15) is 0 Å². The summed E-state index contributed by atoms with van der Waals surface area (Å²) in [7, 11) is 1.59. The minimum Gasteiger partial charge on any atom is -0.497 e. The quantitative estimate of drug-likeness (QED) is 0.824. The minimum absolute atomic E-state index is 0.101. The van der Waals surface area contributed by atoms with E-state index in [9.17, 15) is 4.79 Å². The molecule has 0 heterocycles. The number of alkyl halides is 1. The van der Waals surface area contributed by atoms with Gasteiger partial charge in [-0.15, -0.1) is 11.6 Å². The van der Waals surface area contributed by atoms with Crippen LogP contribution in [-0.4, -0.2) is 18.9 Å². The van der Waals surface area contributed by atoms with E-state index in [4.69, 9.17) is 16.3 Å². The lowest BCUT2D eigenvalue weighted by molar-refractivity contribution is -0.122. The highest BCUT2D eigenvalue weighted by atomic mass is 35.5. The molecule has 1 N–H and O–H groups in total. The molecule has 0 bridgehead atoms. The molecule has 0 saturated heterocycles. The molecule has 16 heavy (non-hydrogen) atoms. The first-order valence-corrected chi connectivity index (χ1v) is 5.54. The van der Waals surface area contributed by atoms with E-state index in [1.165, 1.54) is 0 Å². The van der Waals surface area contributed by atoms with E-state index in [1.807, 2.05) is 18.2 Å². The summed E-state index contributed by atoms with van der Waals surface area (Å²) < 4.78 is 5.07. The Kier molecular flexibility index (Phi) is 4.19. The molecule has 0 spiro atoms. The van der Waals surface area contributed by atoms with Gasteiger partial charge in [0.1, 0.15) is 5.75 Å². The van der Waals surface area contributed by atoms with Gasteiger partial charge in [0, 0.05) is 17.6 Å². The van der Waals surface area contributed by atoms with Crippen LogP contribution in [0.4, 0.5) is 5.69 Å². The molecule has 0 fully saturated rings. The number of amides is 1. The number of rotatable bonds is 4. The van der Waals surface area contributed by atoms with Gasteiger partial charge in [-0.1, -0.05) is 6.07 Å². The van der Waals surface area contributed by atoms with Crippen molar-refractivity contribution in [1.29, 1.82) is 0 Å². The van der Waals surface area contributed by atoms with Crippen LogP contribution in [0.1, 0.15) is 13.8 Å². The summed E-state index contributed by atoms with van der Waals surface area (Å²) in [6.07, 6.45) is 0. The fraction of sp³-hybridized carbons (Fsp3) is 0.417. The number of halogens is 1. The van der Waals surface area contributed by atoms with Crippen molar-refractivity contribution in [3.63, 3.8) is 0 Å². The number of carbonyl (C=O) groups is 1. The lowest BCUT2D eigenvalue weighted by atomic mass is 9.95. The molecule has 1 amide bonds. The van der Waals surface area contributed by atoms with E-state index in [0.29, 0.717) is 11.4 Å². The molecular weight excluding hydrogens is 226 g/mol. The SMILES string of the molecule is COc1cccc(NC(=O)C(C)(C)CCl)c1. The van der Waals surface area contributed by atoms with Crippen molar-refractivity contribution in [3.05, 3.63) is 24.3 Å². The van der Waals surface area contributed by atoms with E-state index in [1.54, 1.807) is 27.0 Å². The fourth-order valence-electron chi connectivity index (χ4n) is 1.06. The molecule has 0 radical (unpaired) electrons. The monoisotopic (exact) mass is 241 g/mol. The molecule has 1 aromatic rings. The molecule has 0 unspecified atom stereocenters. The maximum Gasteiger partial charge on any atom is 0.231 e. The summed E-state index contributed by atoms with van der Waals surface area (Å²) in [5.74, 6) is 0.889. The van der Waals surface area contributed by atoms with Crippen LogP contribution in [-0.2, 0) is 4.79 Å². The Bertz CT molecular complexity index is 377. The van der Waals surface area contributed by atoms with E-state index in [-0.39, 0.29) is 11.8 Å². The number of hydrogen-bond donors (Lipinski definition) is 1. The average Bonchev–Trinajstić information content (AvgIpc) is 2.29. The fourth-order valence-corrected chi connectivity index (χ4v) is 1.18. The van der Waals surface area contributed by atoms with Gasteiger partial charge in [0.25, 0.3) is 0 Å². The first-order chi connectivity index (χ1) is 7.49. The van der Waals surface area contributed by atoms with Crippen molar-refractivity contribution in [2.45, 2.75) is 13.8 Å². The molecule has 0 aliphatic carbocycles. The Hall–Kier alpha value is -1.22. The van der Waals surface area contributed by atoms with Crippen LogP contribution in [0, 0.1) is 5.41 Å². The van der Waals surface area contributed by atoms with Crippen LogP contribution in [0.25, 0.3) is 0 Å². The van der Waals surface area contributed by atoms with Crippen molar-refractivity contribution < 1.29 is 9.53 Å². The molecule has 88 valence electrons. The van der Waals surface area contributed by atoms with Gasteiger partial charge in [-0.05, 0) is 26.0 Å². The molecule has 0 saturated carbocycles. The van der Waals surface area contributed by atoms with Gasteiger partial charge in [0.2, 0.25) is 5.91 Å². The Labute approximate surface area is 101 Å². The van der Waals surface area contributed by atoms with Crippen molar-refractivity contribution in [2.24, 2.45) is 5.41 Å². The number of nitrogens with one attached hydrogen (secondary N) is 1. The molecule has 0 aliphatic rings.